The lowest BCUT2D eigenvalue weighted by atomic mass is 9.90. The highest BCUT2D eigenvalue weighted by atomic mass is 79.9. The molecule has 0 spiro atoms. The Morgan fingerprint density at radius 1 is 0.933 bits per heavy atom. The topological polar surface area (TPSA) is 89.5 Å². The van der Waals surface area contributed by atoms with Crippen molar-refractivity contribution in [1.82, 2.24) is 4.98 Å². The zero-order valence-electron chi connectivity index (χ0n) is 25.7. The summed E-state index contributed by atoms with van der Waals surface area (Å²) in [6.07, 6.45) is -0.864. The summed E-state index contributed by atoms with van der Waals surface area (Å²) < 4.78 is 43.9. The number of anilines is 1. The summed E-state index contributed by atoms with van der Waals surface area (Å²) in [7, 11) is 3.29. The molecule has 5 atom stereocenters. The molecule has 0 bridgehead atoms. The van der Waals surface area contributed by atoms with Crippen LogP contribution in [-0.2, 0) is 43.3 Å². The number of rotatable bonds is 10. The first kappa shape index (κ1) is 30.4. The van der Waals surface area contributed by atoms with Crippen LogP contribution in [0.3, 0.4) is 0 Å². The SMILES string of the molecule is COc1ccc(CNc2nc3cc(CC4OC[C@@]5(OCc6ccccc6)[C@@H]4O[C@@H]4OC(C)(C)O[C@@H]45)ccc3cc2Br)c(OC)c1. The van der Waals surface area contributed by atoms with Gasteiger partial charge in [-0.2, -0.15) is 0 Å². The Bertz CT molecular complexity index is 1690. The van der Waals surface area contributed by atoms with E-state index in [1.807, 2.05) is 50.2 Å². The second-order valence-electron chi connectivity index (χ2n) is 12.1. The van der Waals surface area contributed by atoms with Gasteiger partial charge in [-0.1, -0.05) is 42.5 Å². The van der Waals surface area contributed by atoms with Crippen molar-refractivity contribution in [2.45, 2.75) is 69.4 Å². The predicted octanol–water partition coefficient (Wildman–Crippen LogP) is 6.40. The molecule has 3 aliphatic rings. The number of nitrogens with zero attached hydrogens (tertiary/aromatic N) is 1. The van der Waals surface area contributed by atoms with Gasteiger partial charge in [0.2, 0.25) is 0 Å². The number of ether oxygens (including phenoxy) is 7. The van der Waals surface area contributed by atoms with Gasteiger partial charge < -0.3 is 38.5 Å². The maximum atomic E-state index is 6.67. The van der Waals surface area contributed by atoms with Crippen LogP contribution in [0.25, 0.3) is 10.9 Å². The lowest BCUT2D eigenvalue weighted by molar-refractivity contribution is -0.232. The first-order valence-electron chi connectivity index (χ1n) is 15.1. The van der Waals surface area contributed by atoms with Crippen molar-refractivity contribution < 1.29 is 33.2 Å². The zero-order valence-corrected chi connectivity index (χ0v) is 27.3. The molecule has 10 heteroatoms. The highest BCUT2D eigenvalue weighted by molar-refractivity contribution is 9.10. The molecule has 9 nitrogen and oxygen atoms in total. The van der Waals surface area contributed by atoms with Crippen LogP contribution in [0.1, 0.15) is 30.5 Å². The van der Waals surface area contributed by atoms with Gasteiger partial charge in [-0.15, -0.1) is 0 Å². The molecule has 3 aliphatic heterocycles. The molecule has 1 unspecified atom stereocenters. The summed E-state index contributed by atoms with van der Waals surface area (Å²) in [6.45, 7) is 5.12. The van der Waals surface area contributed by atoms with Gasteiger partial charge in [0.25, 0.3) is 0 Å². The highest BCUT2D eigenvalue weighted by Gasteiger charge is 2.69. The summed E-state index contributed by atoms with van der Waals surface area (Å²) in [5, 5.41) is 4.48. The molecule has 45 heavy (non-hydrogen) atoms. The Hall–Kier alpha value is -3.25. The summed E-state index contributed by atoms with van der Waals surface area (Å²) in [5.41, 5.74) is 3.26. The minimum atomic E-state index is -0.779. The monoisotopic (exact) mass is 676 g/mol. The van der Waals surface area contributed by atoms with E-state index in [0.29, 0.717) is 26.2 Å². The number of fused-ring (bicyclic) bond motifs is 4. The smallest absolute Gasteiger partial charge is 0.190 e. The molecule has 3 aromatic carbocycles. The van der Waals surface area contributed by atoms with E-state index < -0.39 is 17.7 Å². The average molecular weight is 678 g/mol. The van der Waals surface area contributed by atoms with Crippen LogP contribution in [0.5, 0.6) is 11.5 Å². The van der Waals surface area contributed by atoms with Gasteiger partial charge in [-0.25, -0.2) is 4.98 Å². The molecule has 3 fully saturated rings. The van der Waals surface area contributed by atoms with Gasteiger partial charge in [-0.05, 0) is 65.2 Å². The maximum Gasteiger partial charge on any atom is 0.190 e. The molecule has 4 heterocycles. The van der Waals surface area contributed by atoms with Crippen LogP contribution in [0.2, 0.25) is 0 Å². The van der Waals surface area contributed by atoms with E-state index in [4.69, 9.17) is 38.1 Å². The number of methoxy groups -OCH3 is 2. The van der Waals surface area contributed by atoms with Crippen LogP contribution in [0.15, 0.2) is 77.3 Å². The van der Waals surface area contributed by atoms with Crippen molar-refractivity contribution >= 4 is 32.7 Å². The van der Waals surface area contributed by atoms with Crippen LogP contribution in [-0.4, -0.2) is 61.8 Å². The molecule has 0 amide bonds. The standard InChI is InChI=1S/C35H37BrN2O7/c1-34(2)44-31-33(45-34)43-30-29(41-20-35(30,31)42-19-21-8-6-5-7-9-21)15-22-10-11-23-16-26(36)32(38-27(23)14-22)37-18-24-12-13-25(39-3)17-28(24)40-4/h5-14,16-17,29-31,33H,15,18-20H2,1-4H3,(H,37,38)/t29?,30-,31+,33-,35-/m1/s1. The third kappa shape index (κ3) is 5.91. The van der Waals surface area contributed by atoms with Crippen LogP contribution < -0.4 is 14.8 Å². The van der Waals surface area contributed by atoms with Gasteiger partial charge in [0.15, 0.2) is 17.7 Å². The van der Waals surface area contributed by atoms with Crippen LogP contribution in [0, 0.1) is 0 Å². The minimum absolute atomic E-state index is 0.241. The first-order valence-corrected chi connectivity index (χ1v) is 15.9. The van der Waals surface area contributed by atoms with E-state index in [2.05, 4.69) is 57.6 Å². The van der Waals surface area contributed by atoms with Gasteiger partial charge in [0.1, 0.15) is 29.5 Å². The lowest BCUT2D eigenvalue weighted by Gasteiger charge is -2.33. The number of nitrogens with one attached hydrogen (secondary N) is 1. The molecule has 7 rings (SSSR count). The molecule has 1 N–H and O–H groups in total. The number of halogens is 1. The van der Waals surface area contributed by atoms with Crippen molar-refractivity contribution in [3.05, 3.63) is 94.0 Å². The second-order valence-corrected chi connectivity index (χ2v) is 13.0. The average Bonchev–Trinajstić information content (AvgIpc) is 3.64. The molecule has 0 saturated carbocycles. The third-order valence-electron chi connectivity index (χ3n) is 8.73. The Kier molecular flexibility index (Phi) is 8.22. The van der Waals surface area contributed by atoms with Crippen molar-refractivity contribution in [1.29, 1.82) is 0 Å². The van der Waals surface area contributed by atoms with E-state index in [1.54, 1.807) is 14.2 Å². The molecule has 4 aromatic rings. The molecule has 0 aliphatic carbocycles. The summed E-state index contributed by atoms with van der Waals surface area (Å²) in [4.78, 5) is 4.96. The summed E-state index contributed by atoms with van der Waals surface area (Å²) in [5.74, 6) is 1.48. The molecule has 0 radical (unpaired) electrons. The molecule has 236 valence electrons. The fourth-order valence-corrected chi connectivity index (χ4v) is 6.96. The number of benzene rings is 3. The van der Waals surface area contributed by atoms with Gasteiger partial charge in [0.05, 0.1) is 43.5 Å². The van der Waals surface area contributed by atoms with Gasteiger partial charge in [-0.3, -0.25) is 0 Å². The lowest BCUT2D eigenvalue weighted by Crippen LogP contribution is -2.52. The Morgan fingerprint density at radius 2 is 1.78 bits per heavy atom. The zero-order chi connectivity index (χ0) is 31.2. The normalized spacial score (nSPS) is 26.5. The van der Waals surface area contributed by atoms with E-state index in [0.717, 1.165) is 49.4 Å². The van der Waals surface area contributed by atoms with Gasteiger partial charge in [0, 0.05) is 30.0 Å². The van der Waals surface area contributed by atoms with Crippen molar-refractivity contribution in [3.63, 3.8) is 0 Å². The number of hydrogen-bond donors (Lipinski definition) is 1. The minimum Gasteiger partial charge on any atom is -0.497 e. The Morgan fingerprint density at radius 3 is 2.58 bits per heavy atom. The summed E-state index contributed by atoms with van der Waals surface area (Å²) >= 11 is 3.69. The van der Waals surface area contributed by atoms with Crippen molar-refractivity contribution in [2.75, 3.05) is 26.1 Å². The largest absolute Gasteiger partial charge is 0.497 e. The molecular weight excluding hydrogens is 640 g/mol. The van der Waals surface area contributed by atoms with E-state index in [9.17, 15) is 0 Å². The van der Waals surface area contributed by atoms with Crippen molar-refractivity contribution in [3.8, 4) is 11.5 Å². The summed E-state index contributed by atoms with van der Waals surface area (Å²) in [6, 6.07) is 24.3. The number of aromatic nitrogens is 1. The number of pyridine rings is 1. The Balaban J connectivity index is 1.10. The number of hydrogen-bond acceptors (Lipinski definition) is 9. The van der Waals surface area contributed by atoms with E-state index in [1.165, 1.54) is 0 Å². The van der Waals surface area contributed by atoms with Crippen LogP contribution >= 0.6 is 15.9 Å². The van der Waals surface area contributed by atoms with Crippen LogP contribution in [0.4, 0.5) is 5.82 Å². The van der Waals surface area contributed by atoms with Crippen molar-refractivity contribution in [2.24, 2.45) is 0 Å². The maximum absolute atomic E-state index is 6.67. The first-order chi connectivity index (χ1) is 21.8. The molecular formula is C35H37BrN2O7. The second kappa shape index (κ2) is 12.2. The molecule has 1 aromatic heterocycles. The fraction of sp³-hybridized carbons (Fsp3) is 0.400. The third-order valence-corrected chi connectivity index (χ3v) is 9.33. The van der Waals surface area contributed by atoms with E-state index >= 15 is 0 Å². The quantitative estimate of drug-likeness (QED) is 0.205. The van der Waals surface area contributed by atoms with Gasteiger partial charge >= 0.3 is 0 Å². The predicted molar refractivity (Wildman–Crippen MR) is 172 cm³/mol. The Labute approximate surface area is 271 Å². The van der Waals surface area contributed by atoms with E-state index in [-0.39, 0.29) is 18.3 Å². The highest BCUT2D eigenvalue weighted by Crippen LogP contribution is 2.50. The molecule has 3 saturated heterocycles. The fourth-order valence-electron chi connectivity index (χ4n) is 6.48.